The average molecular weight is 439 g/mol. The van der Waals surface area contributed by atoms with E-state index in [2.05, 4.69) is 37.7 Å². The Labute approximate surface area is 163 Å². The molecular weight excluding hydrogens is 416 g/mol. The molecule has 0 aromatic heterocycles. The lowest BCUT2D eigenvalue weighted by Crippen LogP contribution is -2.43. The third-order valence-corrected chi connectivity index (χ3v) is 6.94. The van der Waals surface area contributed by atoms with Crippen LogP contribution in [0.15, 0.2) is 57.9 Å². The van der Waals surface area contributed by atoms with E-state index in [1.54, 1.807) is 24.3 Å². The molecule has 0 aliphatic carbocycles. The van der Waals surface area contributed by atoms with Gasteiger partial charge in [0.05, 0.1) is 18.1 Å². The third kappa shape index (κ3) is 4.72. The Morgan fingerprint density at radius 2 is 1.88 bits per heavy atom. The van der Waals surface area contributed by atoms with Crippen LogP contribution in [-0.2, 0) is 14.8 Å². The number of ether oxygens (including phenoxy) is 1. The predicted octanol–water partition coefficient (Wildman–Crippen LogP) is 3.11. The minimum Gasteiger partial charge on any atom is -0.379 e. The van der Waals surface area contributed by atoms with Crippen molar-refractivity contribution in [2.75, 3.05) is 32.8 Å². The zero-order chi connectivity index (χ0) is 18.6. The number of nitrogens with one attached hydrogen (secondary N) is 1. The number of sulfonamides is 1. The Hall–Kier alpha value is -1.25. The molecule has 1 fully saturated rings. The van der Waals surface area contributed by atoms with Crippen LogP contribution in [0.2, 0.25) is 0 Å². The van der Waals surface area contributed by atoms with Crippen LogP contribution in [0.4, 0.5) is 0 Å². The van der Waals surface area contributed by atoms with Gasteiger partial charge in [-0.15, -0.1) is 0 Å². The summed E-state index contributed by atoms with van der Waals surface area (Å²) in [5.41, 5.74) is 2.27. The molecule has 1 unspecified atom stereocenters. The minimum absolute atomic E-state index is 0.0314. The third-order valence-electron chi connectivity index (χ3n) is 4.51. The summed E-state index contributed by atoms with van der Waals surface area (Å²) in [5.74, 6) is 0. The van der Waals surface area contributed by atoms with Gasteiger partial charge in [-0.25, -0.2) is 13.1 Å². The Bertz CT molecular complexity index is 851. The van der Waals surface area contributed by atoms with Crippen LogP contribution in [0.25, 0.3) is 0 Å². The molecule has 3 rings (SSSR count). The molecule has 0 spiro atoms. The number of hydrogen-bond donors (Lipinski definition) is 1. The fourth-order valence-corrected chi connectivity index (χ4v) is 5.19. The summed E-state index contributed by atoms with van der Waals surface area (Å²) in [6.07, 6.45) is 0. The Morgan fingerprint density at radius 1 is 1.15 bits per heavy atom. The fourth-order valence-electron chi connectivity index (χ4n) is 3.15. The molecule has 2 aromatic carbocycles. The van der Waals surface area contributed by atoms with E-state index in [1.165, 1.54) is 0 Å². The van der Waals surface area contributed by atoms with Gasteiger partial charge in [0.25, 0.3) is 0 Å². The Kier molecular flexibility index (Phi) is 6.47. The predicted molar refractivity (Wildman–Crippen MR) is 106 cm³/mol. The van der Waals surface area contributed by atoms with Crippen molar-refractivity contribution in [3.63, 3.8) is 0 Å². The average Bonchev–Trinajstić information content (AvgIpc) is 2.63. The maximum atomic E-state index is 12.8. The van der Waals surface area contributed by atoms with Crippen LogP contribution in [0.3, 0.4) is 0 Å². The molecule has 26 heavy (non-hydrogen) atoms. The lowest BCUT2D eigenvalue weighted by atomic mass is 10.0. The van der Waals surface area contributed by atoms with Gasteiger partial charge in [0.2, 0.25) is 10.0 Å². The van der Waals surface area contributed by atoms with Gasteiger partial charge in [-0.05, 0) is 40.5 Å². The van der Waals surface area contributed by atoms with Crippen molar-refractivity contribution in [2.24, 2.45) is 0 Å². The highest BCUT2D eigenvalue weighted by molar-refractivity contribution is 9.10. The lowest BCUT2D eigenvalue weighted by Gasteiger charge is -2.35. The number of rotatable bonds is 6. The summed E-state index contributed by atoms with van der Waals surface area (Å²) in [6, 6.07) is 15.1. The number of benzene rings is 2. The maximum Gasteiger partial charge on any atom is 0.241 e. The van der Waals surface area contributed by atoms with Crippen LogP contribution in [0.5, 0.6) is 0 Å². The SMILES string of the molecule is Cc1cccc(C(CNS(=O)(=O)c2ccccc2Br)N2CCOCC2)c1. The largest absolute Gasteiger partial charge is 0.379 e. The van der Waals surface area contributed by atoms with Crippen molar-refractivity contribution in [3.8, 4) is 0 Å². The van der Waals surface area contributed by atoms with Gasteiger partial charge in [0.15, 0.2) is 0 Å². The van der Waals surface area contributed by atoms with E-state index in [1.807, 2.05) is 19.1 Å². The second-order valence-corrected chi connectivity index (χ2v) is 8.95. The quantitative estimate of drug-likeness (QED) is 0.752. The van der Waals surface area contributed by atoms with Crippen LogP contribution >= 0.6 is 15.9 Å². The van der Waals surface area contributed by atoms with E-state index in [-0.39, 0.29) is 10.9 Å². The second kappa shape index (κ2) is 8.63. The van der Waals surface area contributed by atoms with Crippen LogP contribution in [0, 0.1) is 6.92 Å². The van der Waals surface area contributed by atoms with Gasteiger partial charge in [-0.3, -0.25) is 4.90 Å². The monoisotopic (exact) mass is 438 g/mol. The first kappa shape index (κ1) is 19.5. The summed E-state index contributed by atoms with van der Waals surface area (Å²) in [4.78, 5) is 2.53. The highest BCUT2D eigenvalue weighted by Crippen LogP contribution is 2.25. The molecule has 1 atom stereocenters. The highest BCUT2D eigenvalue weighted by atomic mass is 79.9. The zero-order valence-corrected chi connectivity index (χ0v) is 17.1. The lowest BCUT2D eigenvalue weighted by molar-refractivity contribution is 0.0172. The number of nitrogens with zero attached hydrogens (tertiary/aromatic N) is 1. The van der Waals surface area contributed by atoms with Gasteiger partial charge in [0, 0.05) is 30.1 Å². The van der Waals surface area contributed by atoms with E-state index in [0.717, 1.165) is 24.2 Å². The van der Waals surface area contributed by atoms with E-state index in [9.17, 15) is 8.42 Å². The molecule has 0 radical (unpaired) electrons. The first-order chi connectivity index (χ1) is 12.5. The van der Waals surface area contributed by atoms with Crippen LogP contribution < -0.4 is 4.72 Å². The van der Waals surface area contributed by atoms with Crippen molar-refractivity contribution < 1.29 is 13.2 Å². The molecule has 1 aliphatic heterocycles. The molecular formula is C19H23BrN2O3S. The van der Waals surface area contributed by atoms with E-state index in [0.29, 0.717) is 24.2 Å². The second-order valence-electron chi connectivity index (χ2n) is 6.36. The molecule has 2 aromatic rings. The minimum atomic E-state index is -3.60. The molecule has 140 valence electrons. The molecule has 1 aliphatic rings. The summed E-state index contributed by atoms with van der Waals surface area (Å²) in [5, 5.41) is 0. The van der Waals surface area contributed by atoms with Crippen LogP contribution in [0.1, 0.15) is 17.2 Å². The van der Waals surface area contributed by atoms with Crippen molar-refractivity contribution in [1.29, 1.82) is 0 Å². The van der Waals surface area contributed by atoms with Crippen molar-refractivity contribution >= 4 is 26.0 Å². The van der Waals surface area contributed by atoms with Crippen molar-refractivity contribution in [3.05, 3.63) is 64.1 Å². The first-order valence-electron chi connectivity index (χ1n) is 8.60. The molecule has 1 heterocycles. The standard InChI is InChI=1S/C19H23BrN2O3S/c1-15-5-4-6-16(13-15)18(22-9-11-25-12-10-22)14-21-26(23,24)19-8-3-2-7-17(19)20/h2-8,13,18,21H,9-12,14H2,1H3. The molecule has 7 heteroatoms. The van der Waals surface area contributed by atoms with Gasteiger partial charge < -0.3 is 4.74 Å². The number of halogens is 1. The first-order valence-corrected chi connectivity index (χ1v) is 10.9. The molecule has 1 N–H and O–H groups in total. The van der Waals surface area contributed by atoms with Crippen molar-refractivity contribution in [2.45, 2.75) is 17.9 Å². The summed E-state index contributed by atoms with van der Waals surface area (Å²) < 4.78 is 34.3. The molecule has 5 nitrogen and oxygen atoms in total. The van der Waals surface area contributed by atoms with Gasteiger partial charge in [-0.2, -0.15) is 0 Å². The Balaban J connectivity index is 1.83. The van der Waals surface area contributed by atoms with Crippen LogP contribution in [-0.4, -0.2) is 46.2 Å². The van der Waals surface area contributed by atoms with Gasteiger partial charge >= 0.3 is 0 Å². The van der Waals surface area contributed by atoms with Gasteiger partial charge in [-0.1, -0.05) is 42.0 Å². The van der Waals surface area contributed by atoms with Gasteiger partial charge in [0.1, 0.15) is 0 Å². The highest BCUT2D eigenvalue weighted by Gasteiger charge is 2.25. The summed E-state index contributed by atoms with van der Waals surface area (Å²) in [6.45, 7) is 5.27. The topological polar surface area (TPSA) is 58.6 Å². The van der Waals surface area contributed by atoms with E-state index >= 15 is 0 Å². The number of aryl methyl sites for hydroxylation is 1. The molecule has 0 saturated carbocycles. The van der Waals surface area contributed by atoms with Crippen molar-refractivity contribution in [1.82, 2.24) is 9.62 Å². The number of morpholine rings is 1. The Morgan fingerprint density at radius 3 is 2.58 bits per heavy atom. The normalized spacial score (nSPS) is 17.2. The smallest absolute Gasteiger partial charge is 0.241 e. The fraction of sp³-hybridized carbons (Fsp3) is 0.368. The van der Waals surface area contributed by atoms with E-state index < -0.39 is 10.0 Å². The summed E-state index contributed by atoms with van der Waals surface area (Å²) >= 11 is 3.32. The molecule has 0 amide bonds. The molecule has 0 bridgehead atoms. The summed E-state index contributed by atoms with van der Waals surface area (Å²) in [7, 11) is -3.60. The zero-order valence-electron chi connectivity index (χ0n) is 14.7. The van der Waals surface area contributed by atoms with E-state index in [4.69, 9.17) is 4.74 Å². The molecule has 1 saturated heterocycles. The number of hydrogen-bond acceptors (Lipinski definition) is 4. The maximum absolute atomic E-state index is 12.8.